The number of anilines is 1. The van der Waals surface area contributed by atoms with Gasteiger partial charge in [0.2, 0.25) is 5.56 Å². The molecular formula is C14H15N7O2. The van der Waals surface area contributed by atoms with E-state index in [2.05, 4.69) is 30.7 Å². The summed E-state index contributed by atoms with van der Waals surface area (Å²) in [5, 5.41) is 9.33. The third kappa shape index (κ3) is 3.34. The number of hydrogen-bond donors (Lipinski definition) is 3. The van der Waals surface area contributed by atoms with Gasteiger partial charge in [0, 0.05) is 23.1 Å². The molecule has 3 aromatic heterocycles. The zero-order chi connectivity index (χ0) is 16.4. The molecule has 3 heterocycles. The number of carbonyl (C=O) groups is 1. The maximum Gasteiger partial charge on any atom is 0.321 e. The number of rotatable bonds is 3. The fourth-order valence-electron chi connectivity index (χ4n) is 2.14. The SMILES string of the molecule is Cc1cc(C)n2nc(NC(=O)NCc3cccc(=O)[nH]3)nc2n1. The number of aromatic nitrogens is 5. The van der Waals surface area contributed by atoms with Gasteiger partial charge in [-0.3, -0.25) is 10.1 Å². The molecule has 3 aromatic rings. The maximum absolute atomic E-state index is 11.9. The van der Waals surface area contributed by atoms with Crippen molar-refractivity contribution in [2.24, 2.45) is 0 Å². The lowest BCUT2D eigenvalue weighted by Crippen LogP contribution is -2.29. The standard InChI is InChI=1S/C14H15N7O2/c1-8-6-9(2)21-13(16-8)18-12(20-21)19-14(23)15-7-10-4-3-5-11(22)17-10/h3-6H,7H2,1-2H3,(H,17,22)(H2,15,19,20,23). The Hall–Kier alpha value is -3.23. The van der Waals surface area contributed by atoms with E-state index in [9.17, 15) is 9.59 Å². The Morgan fingerprint density at radius 3 is 2.91 bits per heavy atom. The van der Waals surface area contributed by atoms with Crippen LogP contribution in [0.2, 0.25) is 0 Å². The molecule has 0 bridgehead atoms. The van der Waals surface area contributed by atoms with Crippen molar-refractivity contribution in [3.05, 3.63) is 51.7 Å². The minimum Gasteiger partial charge on any atom is -0.332 e. The average molecular weight is 313 g/mol. The summed E-state index contributed by atoms with van der Waals surface area (Å²) in [6.07, 6.45) is 0. The lowest BCUT2D eigenvalue weighted by atomic mass is 10.3. The molecule has 0 spiro atoms. The fourth-order valence-corrected chi connectivity index (χ4v) is 2.14. The van der Waals surface area contributed by atoms with Crippen LogP contribution >= 0.6 is 0 Å². The van der Waals surface area contributed by atoms with Crippen molar-refractivity contribution in [3.8, 4) is 0 Å². The summed E-state index contributed by atoms with van der Waals surface area (Å²) in [6.45, 7) is 3.93. The molecule has 0 unspecified atom stereocenters. The second-order valence-corrected chi connectivity index (χ2v) is 5.03. The second-order valence-electron chi connectivity index (χ2n) is 5.03. The van der Waals surface area contributed by atoms with Gasteiger partial charge in [-0.25, -0.2) is 9.78 Å². The van der Waals surface area contributed by atoms with Crippen LogP contribution in [0.15, 0.2) is 29.1 Å². The summed E-state index contributed by atoms with van der Waals surface area (Å²) in [6, 6.07) is 6.13. The van der Waals surface area contributed by atoms with E-state index in [0.717, 1.165) is 11.4 Å². The van der Waals surface area contributed by atoms with Crippen molar-refractivity contribution in [1.82, 2.24) is 29.9 Å². The van der Waals surface area contributed by atoms with Crippen LogP contribution in [0.3, 0.4) is 0 Å². The Kier molecular flexibility index (Phi) is 3.75. The van der Waals surface area contributed by atoms with Gasteiger partial charge in [-0.15, -0.1) is 5.10 Å². The van der Waals surface area contributed by atoms with Gasteiger partial charge < -0.3 is 10.3 Å². The van der Waals surface area contributed by atoms with E-state index in [1.165, 1.54) is 6.07 Å². The number of nitrogens with zero attached hydrogens (tertiary/aromatic N) is 4. The number of nitrogens with one attached hydrogen (secondary N) is 3. The number of H-pyrrole nitrogens is 1. The quantitative estimate of drug-likeness (QED) is 0.659. The summed E-state index contributed by atoms with van der Waals surface area (Å²) in [5.41, 5.74) is 2.08. The largest absolute Gasteiger partial charge is 0.332 e. The Bertz CT molecular complexity index is 928. The highest BCUT2D eigenvalue weighted by molar-refractivity contribution is 5.87. The third-order valence-corrected chi connectivity index (χ3v) is 3.11. The summed E-state index contributed by atoms with van der Waals surface area (Å²) in [4.78, 5) is 34.1. The van der Waals surface area contributed by atoms with Crippen molar-refractivity contribution in [3.63, 3.8) is 0 Å². The number of pyridine rings is 1. The molecule has 0 saturated heterocycles. The number of fused-ring (bicyclic) bond motifs is 1. The summed E-state index contributed by atoms with van der Waals surface area (Å²) >= 11 is 0. The molecule has 0 atom stereocenters. The minimum absolute atomic E-state index is 0.158. The maximum atomic E-state index is 11.9. The Morgan fingerprint density at radius 1 is 1.30 bits per heavy atom. The zero-order valence-corrected chi connectivity index (χ0v) is 12.6. The minimum atomic E-state index is -0.472. The van der Waals surface area contributed by atoms with Gasteiger partial charge in [0.05, 0.1) is 6.54 Å². The number of amides is 2. The zero-order valence-electron chi connectivity index (χ0n) is 12.6. The van der Waals surface area contributed by atoms with Crippen LogP contribution < -0.4 is 16.2 Å². The molecule has 0 radical (unpaired) electrons. The van der Waals surface area contributed by atoms with E-state index in [-0.39, 0.29) is 18.1 Å². The van der Waals surface area contributed by atoms with E-state index < -0.39 is 6.03 Å². The average Bonchev–Trinajstić information content (AvgIpc) is 2.88. The van der Waals surface area contributed by atoms with E-state index in [4.69, 9.17) is 0 Å². The molecule has 0 fully saturated rings. The van der Waals surface area contributed by atoms with Crippen LogP contribution in [-0.2, 0) is 6.54 Å². The van der Waals surface area contributed by atoms with Gasteiger partial charge in [0.1, 0.15) is 0 Å². The monoisotopic (exact) mass is 313 g/mol. The van der Waals surface area contributed by atoms with Crippen molar-refractivity contribution >= 4 is 17.8 Å². The number of urea groups is 1. The lowest BCUT2D eigenvalue weighted by Gasteiger charge is -2.04. The molecule has 0 aliphatic rings. The van der Waals surface area contributed by atoms with E-state index in [1.54, 1.807) is 16.6 Å². The highest BCUT2D eigenvalue weighted by Gasteiger charge is 2.10. The first kappa shape index (κ1) is 14.7. The molecule has 9 heteroatoms. The van der Waals surface area contributed by atoms with Gasteiger partial charge in [-0.2, -0.15) is 9.50 Å². The molecule has 0 aliphatic carbocycles. The van der Waals surface area contributed by atoms with Crippen molar-refractivity contribution < 1.29 is 4.79 Å². The van der Waals surface area contributed by atoms with Gasteiger partial charge in [-0.05, 0) is 26.0 Å². The predicted octanol–water partition coefficient (Wildman–Crippen LogP) is 0.751. The smallest absolute Gasteiger partial charge is 0.321 e. The lowest BCUT2D eigenvalue weighted by molar-refractivity contribution is 0.251. The molecule has 23 heavy (non-hydrogen) atoms. The van der Waals surface area contributed by atoms with E-state index in [1.807, 2.05) is 19.9 Å². The molecular weight excluding hydrogens is 298 g/mol. The Morgan fingerprint density at radius 2 is 2.13 bits per heavy atom. The Labute approximate surface area is 130 Å². The molecule has 3 rings (SSSR count). The Balaban J connectivity index is 1.68. The van der Waals surface area contributed by atoms with Crippen molar-refractivity contribution in [2.45, 2.75) is 20.4 Å². The second kappa shape index (κ2) is 5.87. The van der Waals surface area contributed by atoms with Gasteiger partial charge in [0.25, 0.3) is 11.7 Å². The number of carbonyl (C=O) groups excluding carboxylic acids is 1. The predicted molar refractivity (Wildman–Crippen MR) is 83.2 cm³/mol. The van der Waals surface area contributed by atoms with Crippen molar-refractivity contribution in [2.75, 3.05) is 5.32 Å². The van der Waals surface area contributed by atoms with Crippen molar-refractivity contribution in [1.29, 1.82) is 0 Å². The first-order valence-corrected chi connectivity index (χ1v) is 6.95. The van der Waals surface area contributed by atoms with Crippen LogP contribution in [0.5, 0.6) is 0 Å². The molecule has 3 N–H and O–H groups in total. The summed E-state index contributed by atoms with van der Waals surface area (Å²) in [7, 11) is 0. The first-order chi connectivity index (χ1) is 11.0. The van der Waals surface area contributed by atoms with Crippen LogP contribution in [-0.4, -0.2) is 30.6 Å². The van der Waals surface area contributed by atoms with Crippen LogP contribution in [0.1, 0.15) is 17.1 Å². The number of aryl methyl sites for hydroxylation is 2. The van der Waals surface area contributed by atoms with Crippen LogP contribution in [0.4, 0.5) is 10.7 Å². The van der Waals surface area contributed by atoms with E-state index in [0.29, 0.717) is 11.5 Å². The first-order valence-electron chi connectivity index (χ1n) is 6.95. The topological polar surface area (TPSA) is 117 Å². The fraction of sp³-hybridized carbons (Fsp3) is 0.214. The van der Waals surface area contributed by atoms with Gasteiger partial charge in [-0.1, -0.05) is 6.07 Å². The van der Waals surface area contributed by atoms with E-state index >= 15 is 0 Å². The summed E-state index contributed by atoms with van der Waals surface area (Å²) < 4.78 is 1.55. The molecule has 2 amide bonds. The molecule has 0 aliphatic heterocycles. The third-order valence-electron chi connectivity index (χ3n) is 3.11. The molecule has 0 aromatic carbocycles. The number of hydrogen-bond acceptors (Lipinski definition) is 5. The van der Waals surface area contributed by atoms with Crippen LogP contribution in [0, 0.1) is 13.8 Å². The highest BCUT2D eigenvalue weighted by Crippen LogP contribution is 2.07. The number of aromatic amines is 1. The van der Waals surface area contributed by atoms with Gasteiger partial charge in [0.15, 0.2) is 0 Å². The normalized spacial score (nSPS) is 10.7. The molecule has 118 valence electrons. The summed E-state index contributed by atoms with van der Waals surface area (Å²) in [5.74, 6) is 0.579. The van der Waals surface area contributed by atoms with Gasteiger partial charge >= 0.3 is 6.03 Å². The highest BCUT2D eigenvalue weighted by atomic mass is 16.2. The molecule has 9 nitrogen and oxygen atoms in total. The van der Waals surface area contributed by atoms with Crippen LogP contribution in [0.25, 0.3) is 5.78 Å². The molecule has 0 saturated carbocycles.